The number of unbranched alkanes of at least 4 members (excludes halogenated alkanes) is 9. The number of aliphatic carboxylic acids is 1. The molecule has 6 nitrogen and oxygen atoms in total. The van der Waals surface area contributed by atoms with E-state index in [0.717, 1.165) is 30.7 Å². The normalized spacial score (nSPS) is 12.1. The average molecular weight is 344 g/mol. The molecule has 1 atom stereocenters. The molecule has 0 aromatic rings. The summed E-state index contributed by atoms with van der Waals surface area (Å²) < 4.78 is 0. The van der Waals surface area contributed by atoms with Crippen LogP contribution in [-0.2, 0) is 9.59 Å². The lowest BCUT2D eigenvalue weighted by molar-refractivity contribution is -0.151. The number of hydrogen-bond donors (Lipinski definition) is 3. The van der Waals surface area contributed by atoms with Gasteiger partial charge in [0.1, 0.15) is 6.04 Å². The molecule has 1 amide bonds. The Morgan fingerprint density at radius 2 is 1.46 bits per heavy atom. The van der Waals surface area contributed by atoms with Gasteiger partial charge >= 0.3 is 5.97 Å². The van der Waals surface area contributed by atoms with E-state index in [4.69, 9.17) is 11.6 Å². The second-order valence-corrected chi connectivity index (χ2v) is 6.52. The molecule has 0 saturated carbocycles. The van der Waals surface area contributed by atoms with Gasteiger partial charge in [-0.2, -0.15) is 0 Å². The van der Waals surface area contributed by atoms with Crippen LogP contribution < -0.4 is 11.6 Å². The lowest BCUT2D eigenvalue weighted by Gasteiger charge is -2.24. The quantitative estimate of drug-likeness (QED) is 0.172. The molecular weight excluding hydrogens is 306 g/mol. The van der Waals surface area contributed by atoms with Crippen molar-refractivity contribution in [1.29, 1.82) is 0 Å². The van der Waals surface area contributed by atoms with Gasteiger partial charge < -0.3 is 10.8 Å². The maximum Gasteiger partial charge on any atom is 0.328 e. The lowest BCUT2D eigenvalue weighted by Crippen LogP contribution is -2.49. The van der Waals surface area contributed by atoms with Gasteiger partial charge in [-0.15, -0.1) is 0 Å². The van der Waals surface area contributed by atoms with Crippen molar-refractivity contribution in [3.63, 3.8) is 0 Å². The van der Waals surface area contributed by atoms with Gasteiger partial charge in [0.15, 0.2) is 0 Å². The summed E-state index contributed by atoms with van der Waals surface area (Å²) in [4.78, 5) is 23.3. The molecule has 0 spiro atoms. The molecule has 0 fully saturated rings. The number of rotatable bonds is 16. The van der Waals surface area contributed by atoms with Crippen LogP contribution in [0, 0.1) is 0 Å². The number of carboxylic acid groups (broad SMARTS) is 1. The maximum absolute atomic E-state index is 12.0. The monoisotopic (exact) mass is 343 g/mol. The summed E-state index contributed by atoms with van der Waals surface area (Å²) in [6, 6.07) is -0.942. The first-order chi connectivity index (χ1) is 11.5. The fourth-order valence-electron chi connectivity index (χ4n) is 2.75. The molecule has 0 aliphatic carbocycles. The van der Waals surface area contributed by atoms with E-state index in [1.165, 1.54) is 38.5 Å². The number of carbonyl (C=O) groups is 2. The molecule has 6 heteroatoms. The van der Waals surface area contributed by atoms with E-state index in [1.807, 2.05) is 0 Å². The maximum atomic E-state index is 12.0. The third-order valence-corrected chi connectivity index (χ3v) is 4.33. The van der Waals surface area contributed by atoms with Crippen LogP contribution in [0.15, 0.2) is 0 Å². The number of hydrazine groups is 1. The highest BCUT2D eigenvalue weighted by Crippen LogP contribution is 2.12. The van der Waals surface area contributed by atoms with E-state index in [9.17, 15) is 14.7 Å². The number of carbonyl (C=O) groups excluding carboxylic acids is 1. The Morgan fingerprint density at radius 1 is 0.917 bits per heavy atom. The molecule has 142 valence electrons. The minimum atomic E-state index is -1.05. The Labute approximate surface area is 146 Å². The highest BCUT2D eigenvalue weighted by atomic mass is 16.4. The van der Waals surface area contributed by atoms with Crippen LogP contribution in [0.5, 0.6) is 0 Å². The van der Waals surface area contributed by atoms with Gasteiger partial charge in [0.05, 0.1) is 0 Å². The molecular formula is C18H37N3O3. The second-order valence-electron chi connectivity index (χ2n) is 6.52. The zero-order chi connectivity index (χ0) is 18.2. The molecule has 0 unspecified atom stereocenters. The van der Waals surface area contributed by atoms with Gasteiger partial charge in [-0.25, -0.2) is 10.6 Å². The Morgan fingerprint density at radius 3 is 1.96 bits per heavy atom. The molecule has 0 radical (unpaired) electrons. The SMILES string of the molecule is CCCCCCCCCCCC(=O)N(N)[C@@H](CCCCN)C(=O)O. The van der Waals surface area contributed by atoms with Gasteiger partial charge in [-0.1, -0.05) is 58.3 Å². The Balaban J connectivity index is 3.84. The lowest BCUT2D eigenvalue weighted by atomic mass is 10.1. The third-order valence-electron chi connectivity index (χ3n) is 4.33. The summed E-state index contributed by atoms with van der Waals surface area (Å²) in [5.74, 6) is 4.40. The summed E-state index contributed by atoms with van der Waals surface area (Å²) in [5.41, 5.74) is 5.41. The molecule has 0 aromatic heterocycles. The van der Waals surface area contributed by atoms with Crippen LogP contribution in [0.2, 0.25) is 0 Å². The fourth-order valence-corrected chi connectivity index (χ4v) is 2.75. The van der Waals surface area contributed by atoms with Gasteiger partial charge in [-0.3, -0.25) is 9.80 Å². The molecule has 0 bridgehead atoms. The Bertz CT molecular complexity index is 337. The smallest absolute Gasteiger partial charge is 0.328 e. The Kier molecular flexibility index (Phi) is 14.7. The number of carboxylic acids is 1. The van der Waals surface area contributed by atoms with Crippen molar-refractivity contribution in [1.82, 2.24) is 5.01 Å². The molecule has 0 aliphatic rings. The van der Waals surface area contributed by atoms with Crippen molar-refractivity contribution < 1.29 is 14.7 Å². The first-order valence-electron chi connectivity index (χ1n) is 9.54. The van der Waals surface area contributed by atoms with Gasteiger partial charge in [-0.05, 0) is 32.2 Å². The molecule has 5 N–H and O–H groups in total. The van der Waals surface area contributed by atoms with Crippen molar-refractivity contribution in [3.8, 4) is 0 Å². The standard InChI is InChI=1S/C18H37N3O3/c1-2-3-4-5-6-7-8-9-10-14-17(22)21(20)16(18(23)24)13-11-12-15-19/h16H,2-15,19-20H2,1H3,(H,23,24)/t16-/m0/s1. The van der Waals surface area contributed by atoms with Gasteiger partial charge in [0.25, 0.3) is 0 Å². The van der Waals surface area contributed by atoms with Gasteiger partial charge in [0, 0.05) is 6.42 Å². The van der Waals surface area contributed by atoms with Crippen LogP contribution in [0.25, 0.3) is 0 Å². The van der Waals surface area contributed by atoms with Gasteiger partial charge in [0.2, 0.25) is 5.91 Å². The summed E-state index contributed by atoms with van der Waals surface area (Å²) in [6.45, 7) is 2.73. The van der Waals surface area contributed by atoms with Crippen molar-refractivity contribution in [3.05, 3.63) is 0 Å². The van der Waals surface area contributed by atoms with E-state index in [-0.39, 0.29) is 5.91 Å². The fraction of sp³-hybridized carbons (Fsp3) is 0.889. The predicted octanol–water partition coefficient (Wildman–Crippen LogP) is 3.19. The number of hydrogen-bond acceptors (Lipinski definition) is 4. The minimum Gasteiger partial charge on any atom is -0.480 e. The van der Waals surface area contributed by atoms with Crippen molar-refractivity contribution in [2.24, 2.45) is 11.6 Å². The third kappa shape index (κ3) is 11.4. The molecule has 0 aliphatic heterocycles. The predicted molar refractivity (Wildman–Crippen MR) is 97.2 cm³/mol. The van der Waals surface area contributed by atoms with Crippen molar-refractivity contribution in [2.45, 2.75) is 96.4 Å². The van der Waals surface area contributed by atoms with Crippen LogP contribution in [0.4, 0.5) is 0 Å². The molecule has 0 rings (SSSR count). The zero-order valence-corrected chi connectivity index (χ0v) is 15.3. The first kappa shape index (κ1) is 22.9. The molecule has 0 aromatic carbocycles. The molecule has 0 saturated heterocycles. The first-order valence-corrected chi connectivity index (χ1v) is 9.54. The van der Waals surface area contributed by atoms with Crippen LogP contribution >= 0.6 is 0 Å². The van der Waals surface area contributed by atoms with Crippen LogP contribution in [-0.4, -0.2) is 34.6 Å². The average Bonchev–Trinajstić information content (AvgIpc) is 2.56. The second kappa shape index (κ2) is 15.4. The van der Waals surface area contributed by atoms with E-state index in [1.54, 1.807) is 0 Å². The van der Waals surface area contributed by atoms with E-state index in [0.29, 0.717) is 25.8 Å². The van der Waals surface area contributed by atoms with Crippen LogP contribution in [0.3, 0.4) is 0 Å². The van der Waals surface area contributed by atoms with Crippen molar-refractivity contribution in [2.75, 3.05) is 6.54 Å². The summed E-state index contributed by atoms with van der Waals surface area (Å²) >= 11 is 0. The molecule has 24 heavy (non-hydrogen) atoms. The largest absolute Gasteiger partial charge is 0.480 e. The minimum absolute atomic E-state index is 0.280. The number of nitrogens with two attached hydrogens (primary N) is 2. The highest BCUT2D eigenvalue weighted by Gasteiger charge is 2.26. The Hall–Kier alpha value is -1.14. The highest BCUT2D eigenvalue weighted by molar-refractivity contribution is 5.83. The van der Waals surface area contributed by atoms with E-state index >= 15 is 0 Å². The summed E-state index contributed by atoms with van der Waals surface area (Å²) in [6.07, 6.45) is 12.6. The number of nitrogens with zero attached hydrogens (tertiary/aromatic N) is 1. The van der Waals surface area contributed by atoms with Crippen molar-refractivity contribution >= 4 is 11.9 Å². The number of amides is 1. The molecule has 0 heterocycles. The van der Waals surface area contributed by atoms with Crippen LogP contribution in [0.1, 0.15) is 90.4 Å². The zero-order valence-electron chi connectivity index (χ0n) is 15.3. The van der Waals surface area contributed by atoms with E-state index < -0.39 is 12.0 Å². The summed E-state index contributed by atoms with van der Waals surface area (Å²) in [7, 11) is 0. The summed E-state index contributed by atoms with van der Waals surface area (Å²) in [5, 5.41) is 10.1. The van der Waals surface area contributed by atoms with E-state index in [2.05, 4.69) is 6.92 Å². The topological polar surface area (TPSA) is 110 Å².